The first-order chi connectivity index (χ1) is 16.5. The molecule has 1 aromatic heterocycles. The first-order valence-corrected chi connectivity index (χ1v) is 13.2. The number of anilines is 1. The second-order valence-electron chi connectivity index (χ2n) is 7.44. The molecule has 2 heterocycles. The van der Waals surface area contributed by atoms with Gasteiger partial charge in [-0.1, -0.05) is 29.8 Å². The lowest BCUT2D eigenvalue weighted by Crippen LogP contribution is -2.63. The number of nitrogens with zero attached hydrogens (tertiary/aromatic N) is 3. The van der Waals surface area contributed by atoms with Gasteiger partial charge in [0.1, 0.15) is 11.4 Å². The van der Waals surface area contributed by atoms with E-state index in [-0.39, 0.29) is 11.7 Å². The van der Waals surface area contributed by atoms with Gasteiger partial charge in [-0.05, 0) is 55.0 Å². The lowest BCUT2D eigenvalue weighted by molar-refractivity contribution is -0.116. The van der Waals surface area contributed by atoms with Crippen LogP contribution < -0.4 is 16.0 Å². The molecule has 9 heteroatoms. The molecule has 2 aromatic carbocycles. The SMILES string of the molecule is CN=C(N)C1=C(SC)NC(c2ccc(SC)cc2)(c2cccnc2)N(c2ccc(Cl)cc2)C1=O. The number of benzene rings is 2. The van der Waals surface area contributed by atoms with E-state index < -0.39 is 5.66 Å². The molecule has 1 unspecified atom stereocenters. The number of hydrogen-bond donors (Lipinski definition) is 2. The van der Waals surface area contributed by atoms with Gasteiger partial charge in [0.25, 0.3) is 5.91 Å². The second-order valence-corrected chi connectivity index (χ2v) is 9.57. The van der Waals surface area contributed by atoms with Crippen molar-refractivity contribution in [3.05, 3.63) is 99.8 Å². The quantitative estimate of drug-likeness (QED) is 0.280. The zero-order chi connectivity index (χ0) is 24.3. The number of amides is 1. The van der Waals surface area contributed by atoms with Crippen LogP contribution in [0.5, 0.6) is 0 Å². The highest BCUT2D eigenvalue weighted by atomic mass is 35.5. The maximum atomic E-state index is 14.3. The molecule has 0 bridgehead atoms. The summed E-state index contributed by atoms with van der Waals surface area (Å²) in [4.78, 5) is 25.6. The van der Waals surface area contributed by atoms with E-state index in [1.807, 2.05) is 61.0 Å². The van der Waals surface area contributed by atoms with E-state index in [0.29, 0.717) is 21.3 Å². The first-order valence-electron chi connectivity index (χ1n) is 10.4. The van der Waals surface area contributed by atoms with Crippen LogP contribution in [0.3, 0.4) is 0 Å². The highest BCUT2D eigenvalue weighted by Crippen LogP contribution is 2.43. The minimum atomic E-state index is -1.09. The Hall–Kier alpha value is -2.94. The number of carbonyl (C=O) groups is 1. The fraction of sp³-hybridized carbons (Fsp3) is 0.160. The number of nitrogens with one attached hydrogen (secondary N) is 1. The summed E-state index contributed by atoms with van der Waals surface area (Å²) in [5, 5.41) is 4.86. The van der Waals surface area contributed by atoms with Crippen LogP contribution in [-0.4, -0.2) is 36.3 Å². The summed E-state index contributed by atoms with van der Waals surface area (Å²) in [5.41, 5.74) is 7.79. The van der Waals surface area contributed by atoms with Crippen LogP contribution in [0.4, 0.5) is 5.69 Å². The summed E-state index contributed by atoms with van der Waals surface area (Å²) in [7, 11) is 1.57. The molecule has 4 rings (SSSR count). The summed E-state index contributed by atoms with van der Waals surface area (Å²) in [6, 6.07) is 19.1. The average Bonchev–Trinajstić information content (AvgIpc) is 2.89. The molecule has 0 aliphatic carbocycles. The van der Waals surface area contributed by atoms with Crippen LogP contribution in [0.2, 0.25) is 5.02 Å². The number of aliphatic imine (C=N–C) groups is 1. The van der Waals surface area contributed by atoms with Crippen LogP contribution in [0.25, 0.3) is 0 Å². The molecule has 0 saturated carbocycles. The van der Waals surface area contributed by atoms with Crippen LogP contribution in [0, 0.1) is 0 Å². The Morgan fingerprint density at radius 3 is 2.32 bits per heavy atom. The molecule has 3 N–H and O–H groups in total. The average molecular weight is 510 g/mol. The number of aromatic nitrogens is 1. The van der Waals surface area contributed by atoms with Crippen molar-refractivity contribution in [2.45, 2.75) is 10.6 Å². The number of pyridine rings is 1. The smallest absolute Gasteiger partial charge is 0.267 e. The van der Waals surface area contributed by atoms with Gasteiger partial charge in [-0.3, -0.25) is 19.7 Å². The molecule has 0 spiro atoms. The second kappa shape index (κ2) is 10.1. The molecule has 0 fully saturated rings. The van der Waals surface area contributed by atoms with Crippen molar-refractivity contribution in [2.75, 3.05) is 24.5 Å². The molecule has 174 valence electrons. The molecule has 3 aromatic rings. The lowest BCUT2D eigenvalue weighted by Gasteiger charge is -2.49. The van der Waals surface area contributed by atoms with E-state index in [1.165, 1.54) is 11.8 Å². The minimum absolute atomic E-state index is 0.165. The van der Waals surface area contributed by atoms with Gasteiger partial charge in [0.15, 0.2) is 5.66 Å². The summed E-state index contributed by atoms with van der Waals surface area (Å²) in [6.07, 6.45) is 7.42. The standard InChI is InChI=1S/C25H24ClN5OS2/c1-28-22(27)21-23(34-3)30-25(17-5-4-14-29-15-17,16-6-12-20(33-2)13-7-16)31(24(21)32)19-10-8-18(26)9-11-19/h4-15,30H,1-3H3,(H2,27,28). The molecular weight excluding hydrogens is 486 g/mol. The Morgan fingerprint density at radius 1 is 1.06 bits per heavy atom. The van der Waals surface area contributed by atoms with Gasteiger partial charge in [-0.25, -0.2) is 0 Å². The number of carbonyl (C=O) groups excluding carboxylic acids is 1. The number of rotatable bonds is 6. The van der Waals surface area contributed by atoms with E-state index >= 15 is 0 Å². The maximum absolute atomic E-state index is 14.3. The predicted molar refractivity (Wildman–Crippen MR) is 143 cm³/mol. The Labute approximate surface area is 212 Å². The van der Waals surface area contributed by atoms with Gasteiger partial charge >= 0.3 is 0 Å². The van der Waals surface area contributed by atoms with Crippen molar-refractivity contribution >= 4 is 52.6 Å². The number of nitrogens with two attached hydrogens (primary N) is 1. The third kappa shape index (κ3) is 4.17. The van der Waals surface area contributed by atoms with Gasteiger partial charge in [-0.2, -0.15) is 0 Å². The van der Waals surface area contributed by atoms with E-state index in [1.54, 1.807) is 48.2 Å². The Balaban J connectivity index is 2.09. The van der Waals surface area contributed by atoms with Gasteiger partial charge in [-0.15, -0.1) is 23.5 Å². The van der Waals surface area contributed by atoms with Gasteiger partial charge in [0.2, 0.25) is 0 Å². The highest BCUT2D eigenvalue weighted by molar-refractivity contribution is 8.02. The van der Waals surface area contributed by atoms with Crippen molar-refractivity contribution < 1.29 is 4.79 Å². The first kappa shape index (κ1) is 24.2. The zero-order valence-corrected chi connectivity index (χ0v) is 21.3. The molecule has 1 amide bonds. The van der Waals surface area contributed by atoms with Crippen LogP contribution in [0.15, 0.2) is 93.5 Å². The number of thioether (sulfide) groups is 2. The summed E-state index contributed by atoms with van der Waals surface area (Å²) < 4.78 is 0. The molecule has 0 radical (unpaired) electrons. The fourth-order valence-corrected chi connectivity index (χ4v) is 5.19. The van der Waals surface area contributed by atoms with Gasteiger partial charge < -0.3 is 11.1 Å². The van der Waals surface area contributed by atoms with Crippen molar-refractivity contribution in [3.8, 4) is 0 Å². The largest absolute Gasteiger partial charge is 0.383 e. The lowest BCUT2D eigenvalue weighted by atomic mass is 9.87. The van der Waals surface area contributed by atoms with Crippen LogP contribution >= 0.6 is 35.1 Å². The normalized spacial score (nSPS) is 18.8. The number of hydrogen-bond acceptors (Lipinski definition) is 6. The van der Waals surface area contributed by atoms with Crippen LogP contribution in [-0.2, 0) is 10.5 Å². The minimum Gasteiger partial charge on any atom is -0.383 e. The third-order valence-corrected chi connectivity index (χ3v) is 7.36. The molecule has 6 nitrogen and oxygen atoms in total. The highest BCUT2D eigenvalue weighted by Gasteiger charge is 2.50. The van der Waals surface area contributed by atoms with Gasteiger partial charge in [0, 0.05) is 46.2 Å². The van der Waals surface area contributed by atoms with Gasteiger partial charge in [0.05, 0.1) is 5.03 Å². The third-order valence-electron chi connectivity index (χ3n) is 5.65. The monoisotopic (exact) mass is 509 g/mol. The Kier molecular flexibility index (Phi) is 7.21. The predicted octanol–water partition coefficient (Wildman–Crippen LogP) is 4.86. The Morgan fingerprint density at radius 2 is 1.76 bits per heavy atom. The van der Waals surface area contributed by atoms with Crippen molar-refractivity contribution in [3.63, 3.8) is 0 Å². The number of amidine groups is 1. The molecule has 1 atom stereocenters. The van der Waals surface area contributed by atoms with Crippen LogP contribution in [0.1, 0.15) is 11.1 Å². The topological polar surface area (TPSA) is 83.6 Å². The van der Waals surface area contributed by atoms with Crippen molar-refractivity contribution in [1.82, 2.24) is 10.3 Å². The Bertz CT molecular complexity index is 1250. The molecule has 1 aliphatic heterocycles. The summed E-state index contributed by atoms with van der Waals surface area (Å²) in [5.74, 6) is -0.107. The molecule has 1 aliphatic rings. The summed E-state index contributed by atoms with van der Waals surface area (Å²) in [6.45, 7) is 0. The molecular formula is C25H24ClN5OS2. The van der Waals surface area contributed by atoms with E-state index in [4.69, 9.17) is 17.3 Å². The van der Waals surface area contributed by atoms with E-state index in [9.17, 15) is 4.79 Å². The van der Waals surface area contributed by atoms with Crippen molar-refractivity contribution in [2.24, 2.45) is 10.7 Å². The summed E-state index contributed by atoms with van der Waals surface area (Å²) >= 11 is 9.26. The molecule has 0 saturated heterocycles. The van der Waals surface area contributed by atoms with Crippen molar-refractivity contribution in [1.29, 1.82) is 0 Å². The maximum Gasteiger partial charge on any atom is 0.267 e. The fourth-order valence-electron chi connectivity index (χ4n) is 4.01. The van der Waals surface area contributed by atoms with E-state index in [2.05, 4.69) is 15.3 Å². The zero-order valence-electron chi connectivity index (χ0n) is 18.9. The number of halogens is 1. The van der Waals surface area contributed by atoms with E-state index in [0.717, 1.165) is 16.0 Å². The molecule has 34 heavy (non-hydrogen) atoms.